The second-order valence-corrected chi connectivity index (χ2v) is 6.01. The molecule has 5 heteroatoms. The van der Waals surface area contributed by atoms with Gasteiger partial charge in [-0.1, -0.05) is 12.1 Å². The second kappa shape index (κ2) is 6.40. The van der Waals surface area contributed by atoms with Crippen molar-refractivity contribution in [1.82, 2.24) is 9.78 Å². The number of fused-ring (bicyclic) bond motifs is 1. The Kier molecular flexibility index (Phi) is 3.95. The summed E-state index contributed by atoms with van der Waals surface area (Å²) in [5.41, 5.74) is 4.61. The smallest absolute Gasteiger partial charge is 0.137 e. The first-order chi connectivity index (χ1) is 12.3. The minimum atomic E-state index is -0.260. The van der Waals surface area contributed by atoms with E-state index in [0.29, 0.717) is 17.9 Å². The van der Waals surface area contributed by atoms with Crippen LogP contribution in [0, 0.1) is 17.1 Å². The largest absolute Gasteiger partial charge is 0.486 e. The SMILES string of the molecule is N#Cc1ccccc1OCc1nn(-c2ccc(F)cc2)c2c1CCC2. The van der Waals surface area contributed by atoms with E-state index in [1.165, 1.54) is 23.4 Å². The van der Waals surface area contributed by atoms with Crippen LogP contribution in [0.25, 0.3) is 5.69 Å². The zero-order chi connectivity index (χ0) is 17.2. The van der Waals surface area contributed by atoms with E-state index in [4.69, 9.17) is 10.00 Å². The Bertz CT molecular complexity index is 954. The first-order valence-corrected chi connectivity index (χ1v) is 8.24. The van der Waals surface area contributed by atoms with Gasteiger partial charge in [-0.2, -0.15) is 10.4 Å². The molecule has 124 valence electrons. The molecule has 0 fully saturated rings. The molecule has 1 aliphatic rings. The minimum Gasteiger partial charge on any atom is -0.486 e. The summed E-state index contributed by atoms with van der Waals surface area (Å²) in [6, 6.07) is 15.7. The highest BCUT2D eigenvalue weighted by molar-refractivity contribution is 5.43. The quantitative estimate of drug-likeness (QED) is 0.726. The van der Waals surface area contributed by atoms with Crippen LogP contribution in [0.1, 0.15) is 28.9 Å². The van der Waals surface area contributed by atoms with Gasteiger partial charge in [-0.15, -0.1) is 0 Å². The molecule has 0 N–H and O–H groups in total. The van der Waals surface area contributed by atoms with Crippen molar-refractivity contribution in [2.45, 2.75) is 25.9 Å². The zero-order valence-electron chi connectivity index (χ0n) is 13.6. The van der Waals surface area contributed by atoms with Gasteiger partial charge in [-0.05, 0) is 55.7 Å². The third-order valence-electron chi connectivity index (χ3n) is 4.46. The van der Waals surface area contributed by atoms with E-state index in [-0.39, 0.29) is 5.82 Å². The van der Waals surface area contributed by atoms with E-state index in [2.05, 4.69) is 11.2 Å². The monoisotopic (exact) mass is 333 g/mol. The molecule has 1 heterocycles. The number of nitriles is 1. The molecule has 0 atom stereocenters. The number of benzene rings is 2. The van der Waals surface area contributed by atoms with Crippen molar-refractivity contribution in [3.8, 4) is 17.5 Å². The molecule has 1 aromatic heterocycles. The molecule has 0 unspecified atom stereocenters. The second-order valence-electron chi connectivity index (χ2n) is 6.01. The lowest BCUT2D eigenvalue weighted by molar-refractivity contribution is 0.298. The predicted octanol–water partition coefficient (Wildman–Crippen LogP) is 3.95. The van der Waals surface area contributed by atoms with Crippen LogP contribution in [0.2, 0.25) is 0 Å². The molecule has 0 radical (unpaired) electrons. The van der Waals surface area contributed by atoms with Crippen LogP contribution in [0.5, 0.6) is 5.75 Å². The molecular weight excluding hydrogens is 317 g/mol. The first-order valence-electron chi connectivity index (χ1n) is 8.24. The van der Waals surface area contributed by atoms with Gasteiger partial charge in [0.15, 0.2) is 0 Å². The number of hydrogen-bond acceptors (Lipinski definition) is 3. The lowest BCUT2D eigenvalue weighted by Crippen LogP contribution is -2.03. The highest BCUT2D eigenvalue weighted by Crippen LogP contribution is 2.29. The van der Waals surface area contributed by atoms with E-state index >= 15 is 0 Å². The van der Waals surface area contributed by atoms with Crippen molar-refractivity contribution in [3.63, 3.8) is 0 Å². The van der Waals surface area contributed by atoms with Gasteiger partial charge in [0.1, 0.15) is 29.9 Å². The Morgan fingerprint density at radius 3 is 2.72 bits per heavy atom. The van der Waals surface area contributed by atoms with E-state index in [9.17, 15) is 4.39 Å². The maximum Gasteiger partial charge on any atom is 0.137 e. The van der Waals surface area contributed by atoms with Gasteiger partial charge >= 0.3 is 0 Å². The Morgan fingerprint density at radius 1 is 1.12 bits per heavy atom. The average molecular weight is 333 g/mol. The van der Waals surface area contributed by atoms with E-state index < -0.39 is 0 Å². The van der Waals surface area contributed by atoms with Crippen LogP contribution in [0.4, 0.5) is 4.39 Å². The van der Waals surface area contributed by atoms with Crippen molar-refractivity contribution < 1.29 is 9.13 Å². The van der Waals surface area contributed by atoms with Crippen molar-refractivity contribution in [3.05, 3.63) is 76.9 Å². The van der Waals surface area contributed by atoms with Gasteiger partial charge in [-0.25, -0.2) is 9.07 Å². The Hall–Kier alpha value is -3.13. The number of nitrogens with zero attached hydrogens (tertiary/aromatic N) is 3. The van der Waals surface area contributed by atoms with Gasteiger partial charge in [-0.3, -0.25) is 0 Å². The van der Waals surface area contributed by atoms with Crippen LogP contribution in [-0.4, -0.2) is 9.78 Å². The summed E-state index contributed by atoms with van der Waals surface area (Å²) in [6.45, 7) is 0.315. The molecular formula is C20H16FN3O. The fraction of sp³-hybridized carbons (Fsp3) is 0.200. The third-order valence-corrected chi connectivity index (χ3v) is 4.46. The highest BCUT2D eigenvalue weighted by atomic mass is 19.1. The van der Waals surface area contributed by atoms with Crippen molar-refractivity contribution in [2.24, 2.45) is 0 Å². The highest BCUT2D eigenvalue weighted by Gasteiger charge is 2.23. The summed E-state index contributed by atoms with van der Waals surface area (Å²) in [6.07, 6.45) is 3.00. The van der Waals surface area contributed by atoms with Gasteiger partial charge in [0.25, 0.3) is 0 Å². The maximum absolute atomic E-state index is 13.2. The van der Waals surface area contributed by atoms with Crippen molar-refractivity contribution in [1.29, 1.82) is 5.26 Å². The van der Waals surface area contributed by atoms with E-state index in [1.807, 2.05) is 16.8 Å². The summed E-state index contributed by atoms with van der Waals surface area (Å²) < 4.78 is 20.9. The molecule has 25 heavy (non-hydrogen) atoms. The average Bonchev–Trinajstić information content (AvgIpc) is 3.24. The number of aromatic nitrogens is 2. The van der Waals surface area contributed by atoms with Crippen LogP contribution in [0.3, 0.4) is 0 Å². The number of rotatable bonds is 4. The van der Waals surface area contributed by atoms with Gasteiger partial charge in [0, 0.05) is 11.3 Å². The molecule has 0 bridgehead atoms. The molecule has 0 spiro atoms. The van der Waals surface area contributed by atoms with Crippen LogP contribution < -0.4 is 4.74 Å². The van der Waals surface area contributed by atoms with Crippen molar-refractivity contribution in [2.75, 3.05) is 0 Å². The van der Waals surface area contributed by atoms with Crippen LogP contribution >= 0.6 is 0 Å². The zero-order valence-corrected chi connectivity index (χ0v) is 13.6. The first kappa shape index (κ1) is 15.4. The summed E-state index contributed by atoms with van der Waals surface area (Å²) in [5.74, 6) is 0.303. The number of halogens is 1. The van der Waals surface area contributed by atoms with Crippen LogP contribution in [-0.2, 0) is 19.4 Å². The van der Waals surface area contributed by atoms with E-state index in [0.717, 1.165) is 30.6 Å². The molecule has 4 rings (SSSR count). The lowest BCUT2D eigenvalue weighted by atomic mass is 10.2. The molecule has 1 aliphatic carbocycles. The normalized spacial score (nSPS) is 12.6. The molecule has 4 nitrogen and oxygen atoms in total. The minimum absolute atomic E-state index is 0.260. The standard InChI is InChI=1S/C20H16FN3O/c21-15-8-10-16(11-9-15)24-19-6-3-5-17(19)18(23-24)13-25-20-7-2-1-4-14(20)12-22/h1-2,4,7-11H,3,5-6,13H2. The molecule has 3 aromatic rings. The molecule has 0 saturated carbocycles. The van der Waals surface area contributed by atoms with Gasteiger partial charge in [0.05, 0.1) is 11.3 Å². The predicted molar refractivity (Wildman–Crippen MR) is 91.0 cm³/mol. The topological polar surface area (TPSA) is 50.8 Å². The summed E-state index contributed by atoms with van der Waals surface area (Å²) in [4.78, 5) is 0. The van der Waals surface area contributed by atoms with Crippen LogP contribution in [0.15, 0.2) is 48.5 Å². The maximum atomic E-state index is 13.2. The van der Waals surface area contributed by atoms with Gasteiger partial charge < -0.3 is 4.74 Å². The Labute approximate surface area is 145 Å². The molecule has 0 amide bonds. The molecule has 0 saturated heterocycles. The summed E-state index contributed by atoms with van der Waals surface area (Å²) >= 11 is 0. The Balaban J connectivity index is 1.64. The molecule has 0 aliphatic heterocycles. The number of para-hydroxylation sites is 1. The summed E-state index contributed by atoms with van der Waals surface area (Å²) in [5, 5.41) is 13.9. The summed E-state index contributed by atoms with van der Waals surface area (Å²) in [7, 11) is 0. The van der Waals surface area contributed by atoms with Crippen molar-refractivity contribution >= 4 is 0 Å². The fourth-order valence-electron chi connectivity index (χ4n) is 3.26. The number of hydrogen-bond donors (Lipinski definition) is 0. The fourth-order valence-corrected chi connectivity index (χ4v) is 3.26. The number of ether oxygens (including phenoxy) is 1. The van der Waals surface area contributed by atoms with Gasteiger partial charge in [0.2, 0.25) is 0 Å². The Morgan fingerprint density at radius 2 is 1.92 bits per heavy atom. The third kappa shape index (κ3) is 2.87. The molecule has 2 aromatic carbocycles. The van der Waals surface area contributed by atoms with E-state index in [1.54, 1.807) is 24.3 Å². The lowest BCUT2D eigenvalue weighted by Gasteiger charge is -2.07.